The Hall–Kier alpha value is -0.290. The van der Waals surface area contributed by atoms with Crippen LogP contribution in [0.1, 0.15) is 52.9 Å². The van der Waals surface area contributed by atoms with Gasteiger partial charge in [0.15, 0.2) is 0 Å². The molecule has 0 aromatic carbocycles. The minimum Gasteiger partial charge on any atom is -0.392 e. The highest BCUT2D eigenvalue weighted by Gasteiger charge is 2.26. The summed E-state index contributed by atoms with van der Waals surface area (Å²) < 4.78 is 35.9. The Labute approximate surface area is 108 Å². The van der Waals surface area contributed by atoms with Gasteiger partial charge in [0.25, 0.3) is 0 Å². The molecule has 0 heterocycles. The van der Waals surface area contributed by atoms with Crippen molar-refractivity contribution in [3.63, 3.8) is 0 Å². The normalized spacial score (nSPS) is 16.0. The van der Waals surface area contributed by atoms with E-state index >= 15 is 0 Å². The molecule has 0 aromatic heterocycles. The molecule has 0 aliphatic rings. The fourth-order valence-corrected chi connectivity index (χ4v) is 2.03. The number of aliphatic hydroxyl groups excluding tert-OH is 1. The zero-order valence-corrected chi connectivity index (χ0v) is 11.6. The van der Waals surface area contributed by atoms with Crippen LogP contribution in [-0.2, 0) is 0 Å². The van der Waals surface area contributed by atoms with Crippen molar-refractivity contribution in [3.8, 4) is 0 Å². The minimum absolute atomic E-state index is 0.0105. The number of alkyl halides is 3. The van der Waals surface area contributed by atoms with Crippen molar-refractivity contribution in [1.29, 1.82) is 0 Å². The molecule has 0 aromatic rings. The van der Waals surface area contributed by atoms with Gasteiger partial charge in [-0.15, -0.1) is 0 Å². The van der Waals surface area contributed by atoms with Gasteiger partial charge in [0.2, 0.25) is 0 Å². The van der Waals surface area contributed by atoms with Crippen LogP contribution in [-0.4, -0.2) is 30.0 Å². The standard InChI is InChI=1S/C13H26F3NO/c1-4-11(5-2)12(18)9-17-10(3)7-6-8-13(14,15)16/h10-12,17-18H,4-9H2,1-3H3. The molecular formula is C13H26F3NO. The third-order valence-corrected chi connectivity index (χ3v) is 3.37. The van der Waals surface area contributed by atoms with Gasteiger partial charge in [-0.2, -0.15) is 13.2 Å². The fraction of sp³-hybridized carbons (Fsp3) is 1.00. The molecule has 0 saturated carbocycles. The largest absolute Gasteiger partial charge is 0.392 e. The molecule has 0 aliphatic carbocycles. The van der Waals surface area contributed by atoms with Gasteiger partial charge >= 0.3 is 6.18 Å². The number of hydrogen-bond donors (Lipinski definition) is 2. The van der Waals surface area contributed by atoms with Gasteiger partial charge in [0, 0.05) is 19.0 Å². The number of hydrogen-bond acceptors (Lipinski definition) is 2. The van der Waals surface area contributed by atoms with Crippen molar-refractivity contribution < 1.29 is 18.3 Å². The maximum atomic E-state index is 12.0. The summed E-state index contributed by atoms with van der Waals surface area (Å²) in [7, 11) is 0. The van der Waals surface area contributed by atoms with Crippen LogP contribution in [0.15, 0.2) is 0 Å². The Balaban J connectivity index is 3.73. The minimum atomic E-state index is -4.06. The van der Waals surface area contributed by atoms with Crippen molar-refractivity contribution in [2.45, 2.75) is 71.2 Å². The van der Waals surface area contributed by atoms with E-state index in [4.69, 9.17) is 0 Å². The number of halogens is 3. The van der Waals surface area contributed by atoms with E-state index in [1.807, 2.05) is 20.8 Å². The molecule has 0 aliphatic heterocycles. The summed E-state index contributed by atoms with van der Waals surface area (Å²) in [6.45, 7) is 6.38. The van der Waals surface area contributed by atoms with E-state index in [1.54, 1.807) is 0 Å². The Kier molecular flexibility index (Phi) is 8.61. The van der Waals surface area contributed by atoms with Gasteiger partial charge in [0.05, 0.1) is 6.10 Å². The van der Waals surface area contributed by atoms with E-state index in [0.29, 0.717) is 13.0 Å². The fourth-order valence-electron chi connectivity index (χ4n) is 2.03. The average Bonchev–Trinajstić information content (AvgIpc) is 2.26. The van der Waals surface area contributed by atoms with E-state index in [-0.39, 0.29) is 18.4 Å². The molecule has 2 atom stereocenters. The van der Waals surface area contributed by atoms with Crippen molar-refractivity contribution in [1.82, 2.24) is 5.32 Å². The number of nitrogens with one attached hydrogen (secondary N) is 1. The quantitative estimate of drug-likeness (QED) is 0.671. The molecule has 2 nitrogen and oxygen atoms in total. The lowest BCUT2D eigenvalue weighted by Crippen LogP contribution is -2.37. The first kappa shape index (κ1) is 17.7. The molecule has 0 radical (unpaired) electrons. The molecule has 0 rings (SSSR count). The molecule has 0 saturated heterocycles. The molecule has 0 fully saturated rings. The molecule has 18 heavy (non-hydrogen) atoms. The second-order valence-corrected chi connectivity index (χ2v) is 4.96. The maximum Gasteiger partial charge on any atom is 0.389 e. The summed E-state index contributed by atoms with van der Waals surface area (Å²) in [4.78, 5) is 0. The van der Waals surface area contributed by atoms with Crippen LogP contribution in [0.3, 0.4) is 0 Å². The van der Waals surface area contributed by atoms with Gasteiger partial charge in [-0.3, -0.25) is 0 Å². The zero-order valence-electron chi connectivity index (χ0n) is 11.6. The summed E-state index contributed by atoms with van der Waals surface area (Å²) in [5.41, 5.74) is 0. The average molecular weight is 269 g/mol. The van der Waals surface area contributed by atoms with E-state index < -0.39 is 18.7 Å². The summed E-state index contributed by atoms with van der Waals surface area (Å²) in [5, 5.41) is 13.0. The third-order valence-electron chi connectivity index (χ3n) is 3.37. The predicted octanol–water partition coefficient (Wildman–Crippen LogP) is 3.49. The molecule has 5 heteroatoms. The Morgan fingerprint density at radius 2 is 1.72 bits per heavy atom. The SMILES string of the molecule is CCC(CC)C(O)CNC(C)CCCC(F)(F)F. The highest BCUT2D eigenvalue weighted by atomic mass is 19.4. The van der Waals surface area contributed by atoms with Crippen LogP contribution in [0.5, 0.6) is 0 Å². The molecule has 0 amide bonds. The van der Waals surface area contributed by atoms with Crippen LogP contribution < -0.4 is 5.32 Å². The van der Waals surface area contributed by atoms with Crippen LogP contribution >= 0.6 is 0 Å². The summed E-state index contributed by atoms with van der Waals surface area (Å²) in [6.07, 6.45) is -2.74. The second kappa shape index (κ2) is 8.75. The molecule has 2 unspecified atom stereocenters. The van der Waals surface area contributed by atoms with Gasteiger partial charge < -0.3 is 10.4 Å². The summed E-state index contributed by atoms with van der Waals surface area (Å²) in [6, 6.07) is 0.0105. The van der Waals surface area contributed by atoms with Crippen LogP contribution in [0.25, 0.3) is 0 Å². The van der Waals surface area contributed by atoms with Crippen molar-refractivity contribution in [2.75, 3.05) is 6.54 Å². The first-order valence-electron chi connectivity index (χ1n) is 6.78. The van der Waals surface area contributed by atoms with Gasteiger partial charge in [-0.1, -0.05) is 26.7 Å². The van der Waals surface area contributed by atoms with Crippen LogP contribution in [0.4, 0.5) is 13.2 Å². The Morgan fingerprint density at radius 1 is 1.17 bits per heavy atom. The Bertz CT molecular complexity index is 205. The van der Waals surface area contributed by atoms with Gasteiger partial charge in [-0.05, 0) is 25.7 Å². The van der Waals surface area contributed by atoms with Crippen LogP contribution in [0, 0.1) is 5.92 Å². The van der Waals surface area contributed by atoms with Gasteiger partial charge in [0.1, 0.15) is 0 Å². The highest BCUT2D eigenvalue weighted by molar-refractivity contribution is 4.71. The van der Waals surface area contributed by atoms with E-state index in [0.717, 1.165) is 12.8 Å². The lowest BCUT2D eigenvalue weighted by molar-refractivity contribution is -0.135. The second-order valence-electron chi connectivity index (χ2n) is 4.96. The van der Waals surface area contributed by atoms with Crippen molar-refractivity contribution >= 4 is 0 Å². The molecular weight excluding hydrogens is 243 g/mol. The van der Waals surface area contributed by atoms with Crippen molar-refractivity contribution in [2.24, 2.45) is 5.92 Å². The van der Waals surface area contributed by atoms with E-state index in [9.17, 15) is 18.3 Å². The lowest BCUT2D eigenvalue weighted by Gasteiger charge is -2.23. The number of aliphatic hydroxyl groups is 1. The monoisotopic (exact) mass is 269 g/mol. The first-order valence-corrected chi connectivity index (χ1v) is 6.78. The zero-order chi connectivity index (χ0) is 14.2. The maximum absolute atomic E-state index is 12.0. The molecule has 2 N–H and O–H groups in total. The first-order chi connectivity index (χ1) is 8.30. The molecule has 0 bridgehead atoms. The molecule has 110 valence electrons. The number of rotatable bonds is 9. The smallest absolute Gasteiger partial charge is 0.389 e. The van der Waals surface area contributed by atoms with Crippen molar-refractivity contribution in [3.05, 3.63) is 0 Å². The predicted molar refractivity (Wildman–Crippen MR) is 67.4 cm³/mol. The Morgan fingerprint density at radius 3 is 2.17 bits per heavy atom. The molecule has 0 spiro atoms. The van der Waals surface area contributed by atoms with E-state index in [1.165, 1.54) is 0 Å². The summed E-state index contributed by atoms with van der Waals surface area (Å²) in [5.74, 6) is 0.264. The summed E-state index contributed by atoms with van der Waals surface area (Å²) >= 11 is 0. The van der Waals surface area contributed by atoms with Crippen LogP contribution in [0.2, 0.25) is 0 Å². The van der Waals surface area contributed by atoms with E-state index in [2.05, 4.69) is 5.32 Å². The lowest BCUT2D eigenvalue weighted by atomic mass is 9.96. The van der Waals surface area contributed by atoms with Gasteiger partial charge in [-0.25, -0.2) is 0 Å². The highest BCUT2D eigenvalue weighted by Crippen LogP contribution is 2.22. The third kappa shape index (κ3) is 8.75. The topological polar surface area (TPSA) is 32.3 Å².